The van der Waals surface area contributed by atoms with Crippen molar-refractivity contribution in [3.63, 3.8) is 0 Å². The number of imidazole rings is 1. The first-order chi connectivity index (χ1) is 10.0. The zero-order valence-electron chi connectivity index (χ0n) is 10.9. The number of carbonyl (C=O) groups excluding carboxylic acids is 1. The Labute approximate surface area is 137 Å². The second-order valence-corrected chi connectivity index (χ2v) is 6.25. The van der Waals surface area contributed by atoms with Crippen molar-refractivity contribution in [1.29, 1.82) is 0 Å². The molecule has 0 fully saturated rings. The average Bonchev–Trinajstić information content (AvgIpc) is 2.89. The van der Waals surface area contributed by atoms with Gasteiger partial charge in [-0.2, -0.15) is 0 Å². The number of rotatable bonds is 2. The van der Waals surface area contributed by atoms with E-state index < -0.39 is 0 Å². The monoisotopic (exact) mass is 343 g/mol. The van der Waals surface area contributed by atoms with Crippen LogP contribution < -0.4 is 5.32 Å². The molecule has 1 amide bonds. The number of carbonyl (C=O) groups is 1. The molecule has 1 aliphatic heterocycles. The highest BCUT2D eigenvalue weighted by atomic mass is 35.5. The predicted octanol–water partition coefficient (Wildman–Crippen LogP) is 4.04. The number of aromatic nitrogens is 2. The maximum atomic E-state index is 12.4. The van der Waals surface area contributed by atoms with Crippen molar-refractivity contribution in [2.45, 2.75) is 19.4 Å². The minimum absolute atomic E-state index is 0.0893. The molecule has 1 aromatic carbocycles. The third-order valence-electron chi connectivity index (χ3n) is 3.60. The fraction of sp³-hybridized carbons (Fsp3) is 0.286. The molecule has 0 saturated heterocycles. The average molecular weight is 345 g/mol. The Morgan fingerprint density at radius 2 is 2.00 bits per heavy atom. The number of anilines is 1. The summed E-state index contributed by atoms with van der Waals surface area (Å²) in [5.74, 6) is -0.203. The van der Waals surface area contributed by atoms with E-state index in [0.717, 1.165) is 18.7 Å². The summed E-state index contributed by atoms with van der Waals surface area (Å²) in [5.41, 5.74) is 1.47. The number of fused-ring (bicyclic) bond motifs is 1. The highest BCUT2D eigenvalue weighted by Gasteiger charge is 2.25. The Balaban J connectivity index is 1.76. The molecular formula is C14H12Cl3N3O. The first-order valence-electron chi connectivity index (χ1n) is 6.49. The summed E-state index contributed by atoms with van der Waals surface area (Å²) in [6.07, 6.45) is 5.00. The van der Waals surface area contributed by atoms with Crippen molar-refractivity contribution < 1.29 is 4.79 Å². The predicted molar refractivity (Wildman–Crippen MR) is 84.1 cm³/mol. The number of aryl methyl sites for hydroxylation is 1. The Hall–Kier alpha value is -1.23. The summed E-state index contributed by atoms with van der Waals surface area (Å²) in [6.45, 7) is 0.787. The van der Waals surface area contributed by atoms with E-state index in [1.54, 1.807) is 24.7 Å². The van der Waals surface area contributed by atoms with Crippen LogP contribution in [-0.4, -0.2) is 15.5 Å². The fourth-order valence-electron chi connectivity index (χ4n) is 2.48. The van der Waals surface area contributed by atoms with Gasteiger partial charge in [-0.05, 0) is 18.6 Å². The van der Waals surface area contributed by atoms with Gasteiger partial charge < -0.3 is 9.88 Å². The van der Waals surface area contributed by atoms with Gasteiger partial charge in [0.1, 0.15) is 0 Å². The normalized spacial score (nSPS) is 17.4. The Morgan fingerprint density at radius 3 is 2.71 bits per heavy atom. The SMILES string of the molecule is O=C(Nc1c(Cl)cc(Cl)cc1Cl)C1CCn2cncc2C1. The molecular weight excluding hydrogens is 333 g/mol. The summed E-state index contributed by atoms with van der Waals surface area (Å²) in [6, 6.07) is 3.11. The molecule has 0 saturated carbocycles. The van der Waals surface area contributed by atoms with Crippen molar-refractivity contribution in [3.8, 4) is 0 Å². The highest BCUT2D eigenvalue weighted by Crippen LogP contribution is 2.34. The van der Waals surface area contributed by atoms with Gasteiger partial charge in [0.05, 0.1) is 22.1 Å². The van der Waals surface area contributed by atoms with Crippen molar-refractivity contribution in [2.24, 2.45) is 5.92 Å². The molecule has 3 rings (SSSR count). The van der Waals surface area contributed by atoms with Crippen LogP contribution in [0.3, 0.4) is 0 Å². The van der Waals surface area contributed by atoms with Gasteiger partial charge in [-0.25, -0.2) is 4.98 Å². The van der Waals surface area contributed by atoms with Crippen LogP contribution in [0, 0.1) is 5.92 Å². The highest BCUT2D eigenvalue weighted by molar-refractivity contribution is 6.42. The number of benzene rings is 1. The Morgan fingerprint density at radius 1 is 1.29 bits per heavy atom. The van der Waals surface area contributed by atoms with Gasteiger partial charge in [0.25, 0.3) is 0 Å². The maximum Gasteiger partial charge on any atom is 0.228 e. The molecule has 0 radical (unpaired) electrons. The first kappa shape index (κ1) is 14.7. The molecule has 2 heterocycles. The quantitative estimate of drug-likeness (QED) is 0.893. The van der Waals surface area contributed by atoms with Crippen LogP contribution in [-0.2, 0) is 17.8 Å². The lowest BCUT2D eigenvalue weighted by molar-refractivity contribution is -0.120. The van der Waals surface area contributed by atoms with E-state index >= 15 is 0 Å². The van der Waals surface area contributed by atoms with Crippen molar-refractivity contribution in [3.05, 3.63) is 45.4 Å². The van der Waals surface area contributed by atoms with E-state index in [9.17, 15) is 4.79 Å². The molecule has 1 atom stereocenters. The summed E-state index contributed by atoms with van der Waals surface area (Å²) in [4.78, 5) is 16.5. The third-order valence-corrected chi connectivity index (χ3v) is 4.41. The van der Waals surface area contributed by atoms with Crippen LogP contribution in [0.25, 0.3) is 0 Å². The number of halogens is 3. The fourth-order valence-corrected chi connectivity index (χ4v) is 3.39. The molecule has 110 valence electrons. The number of amides is 1. The van der Waals surface area contributed by atoms with Crippen LogP contribution in [0.1, 0.15) is 12.1 Å². The van der Waals surface area contributed by atoms with Gasteiger partial charge in [-0.3, -0.25) is 4.79 Å². The Kier molecular flexibility index (Phi) is 4.11. The summed E-state index contributed by atoms with van der Waals surface area (Å²) < 4.78 is 2.06. The van der Waals surface area contributed by atoms with E-state index in [4.69, 9.17) is 34.8 Å². The largest absolute Gasteiger partial charge is 0.335 e. The third kappa shape index (κ3) is 3.03. The van der Waals surface area contributed by atoms with E-state index in [1.807, 2.05) is 0 Å². The second kappa shape index (κ2) is 5.87. The maximum absolute atomic E-state index is 12.4. The van der Waals surface area contributed by atoms with Crippen LogP contribution in [0.2, 0.25) is 15.1 Å². The smallest absolute Gasteiger partial charge is 0.228 e. The lowest BCUT2D eigenvalue weighted by Crippen LogP contribution is -2.30. The van der Waals surface area contributed by atoms with Gasteiger partial charge in [0.15, 0.2) is 0 Å². The van der Waals surface area contributed by atoms with Gasteiger partial charge in [0.2, 0.25) is 5.91 Å². The molecule has 1 N–H and O–H groups in total. The lowest BCUT2D eigenvalue weighted by atomic mass is 9.95. The van der Waals surface area contributed by atoms with E-state index in [1.165, 1.54) is 0 Å². The summed E-state index contributed by atoms with van der Waals surface area (Å²) in [7, 11) is 0. The molecule has 1 unspecified atom stereocenters. The molecule has 21 heavy (non-hydrogen) atoms. The topological polar surface area (TPSA) is 46.9 Å². The molecule has 1 aromatic heterocycles. The van der Waals surface area contributed by atoms with E-state index in [0.29, 0.717) is 27.2 Å². The van der Waals surface area contributed by atoms with Crippen LogP contribution in [0.5, 0.6) is 0 Å². The molecule has 0 aliphatic carbocycles. The number of nitrogens with one attached hydrogen (secondary N) is 1. The van der Waals surface area contributed by atoms with Crippen LogP contribution in [0.4, 0.5) is 5.69 Å². The first-order valence-corrected chi connectivity index (χ1v) is 7.62. The van der Waals surface area contributed by atoms with Crippen molar-refractivity contribution in [2.75, 3.05) is 5.32 Å². The number of nitrogens with zero attached hydrogens (tertiary/aromatic N) is 2. The minimum Gasteiger partial charge on any atom is -0.335 e. The number of hydrogen-bond donors (Lipinski definition) is 1. The van der Waals surface area contributed by atoms with Gasteiger partial charge in [0, 0.05) is 35.8 Å². The minimum atomic E-state index is -0.114. The van der Waals surface area contributed by atoms with Crippen molar-refractivity contribution >= 4 is 46.4 Å². The lowest BCUT2D eigenvalue weighted by Gasteiger charge is -2.23. The van der Waals surface area contributed by atoms with E-state index in [-0.39, 0.29) is 11.8 Å². The van der Waals surface area contributed by atoms with Gasteiger partial charge in [-0.1, -0.05) is 34.8 Å². The molecule has 7 heteroatoms. The standard InChI is InChI=1S/C14H12Cl3N3O/c15-9-4-11(16)13(12(17)5-9)19-14(21)8-1-2-20-7-18-6-10(20)3-8/h4-8H,1-3H2,(H,19,21). The van der Waals surface area contributed by atoms with E-state index in [2.05, 4.69) is 14.9 Å². The summed E-state index contributed by atoms with van der Waals surface area (Å²) in [5, 5.41) is 3.91. The Bertz CT molecular complexity index is 676. The summed E-state index contributed by atoms with van der Waals surface area (Å²) >= 11 is 18.0. The van der Waals surface area contributed by atoms with Gasteiger partial charge in [-0.15, -0.1) is 0 Å². The second-order valence-electron chi connectivity index (χ2n) is 5.00. The van der Waals surface area contributed by atoms with Gasteiger partial charge >= 0.3 is 0 Å². The van der Waals surface area contributed by atoms with Crippen LogP contribution in [0.15, 0.2) is 24.7 Å². The zero-order valence-corrected chi connectivity index (χ0v) is 13.2. The molecule has 0 spiro atoms. The van der Waals surface area contributed by atoms with Crippen LogP contribution >= 0.6 is 34.8 Å². The number of hydrogen-bond acceptors (Lipinski definition) is 2. The molecule has 2 aromatic rings. The molecule has 1 aliphatic rings. The van der Waals surface area contributed by atoms with Crippen molar-refractivity contribution in [1.82, 2.24) is 9.55 Å². The molecule has 4 nitrogen and oxygen atoms in total. The molecule has 0 bridgehead atoms. The zero-order chi connectivity index (χ0) is 15.0.